The number of hydrogen-bond donors (Lipinski definition) is 2. The Hall–Kier alpha value is -1.10. The normalized spacial score (nSPS) is 10.8. The molecule has 0 unspecified atom stereocenters. The maximum atomic E-state index is 5.56. The summed E-state index contributed by atoms with van der Waals surface area (Å²) in [6, 6.07) is 8.08. The van der Waals surface area contributed by atoms with Crippen LogP contribution in [0.5, 0.6) is 5.75 Å². The topological polar surface area (TPSA) is 64.5 Å². The van der Waals surface area contributed by atoms with Crippen LogP contribution in [0, 0.1) is 0 Å². The van der Waals surface area contributed by atoms with Crippen LogP contribution in [0.2, 0.25) is 0 Å². The Morgan fingerprint density at radius 2 is 1.62 bits per heavy atom. The number of ether oxygens (including phenoxy) is 1. The zero-order chi connectivity index (χ0) is 11.8. The maximum Gasteiger partial charge on any atom is 0.118 e. The molecule has 0 aliphatic rings. The lowest BCUT2D eigenvalue weighted by molar-refractivity contribution is 0.280. The molecule has 0 heterocycles. The Morgan fingerprint density at radius 1 is 1.06 bits per heavy atom. The predicted octanol–water partition coefficient (Wildman–Crippen LogP) is 0.415. The Kier molecular flexibility index (Phi) is 5.85. The molecule has 4 heteroatoms. The van der Waals surface area contributed by atoms with Crippen molar-refractivity contribution < 1.29 is 4.74 Å². The van der Waals surface area contributed by atoms with Crippen LogP contribution in [-0.2, 0) is 6.54 Å². The predicted molar refractivity (Wildman–Crippen MR) is 66.4 cm³/mol. The Balaban J connectivity index is 2.54. The van der Waals surface area contributed by atoms with Crippen molar-refractivity contribution in [2.24, 2.45) is 11.5 Å². The molecule has 4 nitrogen and oxygen atoms in total. The minimum Gasteiger partial charge on any atom is -0.497 e. The van der Waals surface area contributed by atoms with Crippen LogP contribution in [0.1, 0.15) is 5.56 Å². The van der Waals surface area contributed by atoms with Gasteiger partial charge in [-0.25, -0.2) is 0 Å². The van der Waals surface area contributed by atoms with Crippen molar-refractivity contribution in [3.05, 3.63) is 29.8 Å². The molecule has 0 bridgehead atoms. The molecule has 0 fully saturated rings. The van der Waals surface area contributed by atoms with Crippen molar-refractivity contribution in [2.75, 3.05) is 33.3 Å². The van der Waals surface area contributed by atoms with Crippen LogP contribution in [0.25, 0.3) is 0 Å². The highest BCUT2D eigenvalue weighted by molar-refractivity contribution is 5.27. The van der Waals surface area contributed by atoms with Gasteiger partial charge in [0.25, 0.3) is 0 Å². The standard InChI is InChI=1S/C12H21N3O/c1-16-12-4-2-11(3-5-12)10-15(8-6-13)9-7-14/h2-5H,6-10,13-14H2,1H3. The maximum absolute atomic E-state index is 5.56. The van der Waals surface area contributed by atoms with Crippen LogP contribution in [-0.4, -0.2) is 38.2 Å². The van der Waals surface area contributed by atoms with Crippen LogP contribution in [0.3, 0.4) is 0 Å². The van der Waals surface area contributed by atoms with Gasteiger partial charge < -0.3 is 16.2 Å². The Morgan fingerprint density at radius 3 is 2.06 bits per heavy atom. The quantitative estimate of drug-likeness (QED) is 0.703. The molecule has 0 spiro atoms. The van der Waals surface area contributed by atoms with Gasteiger partial charge >= 0.3 is 0 Å². The van der Waals surface area contributed by atoms with Crippen molar-refractivity contribution in [1.82, 2.24) is 4.90 Å². The highest BCUT2D eigenvalue weighted by Crippen LogP contribution is 2.12. The lowest BCUT2D eigenvalue weighted by Crippen LogP contribution is -2.33. The van der Waals surface area contributed by atoms with E-state index in [2.05, 4.69) is 17.0 Å². The molecule has 0 aliphatic heterocycles. The SMILES string of the molecule is COc1ccc(CN(CCN)CCN)cc1. The van der Waals surface area contributed by atoms with Crippen molar-refractivity contribution in [3.8, 4) is 5.75 Å². The number of hydrogen-bond acceptors (Lipinski definition) is 4. The van der Waals surface area contributed by atoms with E-state index < -0.39 is 0 Å². The van der Waals surface area contributed by atoms with Gasteiger partial charge in [-0.3, -0.25) is 4.90 Å². The van der Waals surface area contributed by atoms with E-state index in [-0.39, 0.29) is 0 Å². The van der Waals surface area contributed by atoms with E-state index in [4.69, 9.17) is 16.2 Å². The van der Waals surface area contributed by atoms with Gasteiger partial charge in [0.05, 0.1) is 7.11 Å². The summed E-state index contributed by atoms with van der Waals surface area (Å²) in [6.45, 7) is 3.97. The first-order chi connectivity index (χ1) is 7.80. The third kappa shape index (κ3) is 4.18. The number of benzene rings is 1. The molecule has 0 aromatic heterocycles. The van der Waals surface area contributed by atoms with Gasteiger partial charge in [0.1, 0.15) is 5.75 Å². The molecule has 0 atom stereocenters. The molecule has 1 aromatic carbocycles. The number of methoxy groups -OCH3 is 1. The van der Waals surface area contributed by atoms with E-state index in [1.807, 2.05) is 12.1 Å². The van der Waals surface area contributed by atoms with Crippen LogP contribution >= 0.6 is 0 Å². The minimum absolute atomic E-state index is 0.663. The molecule has 1 rings (SSSR count). The molecule has 90 valence electrons. The van der Waals surface area contributed by atoms with E-state index in [0.29, 0.717) is 13.1 Å². The molecule has 0 aliphatic carbocycles. The second-order valence-corrected chi connectivity index (χ2v) is 3.70. The average Bonchev–Trinajstić information content (AvgIpc) is 2.31. The smallest absolute Gasteiger partial charge is 0.118 e. The molecule has 4 N–H and O–H groups in total. The third-order valence-electron chi connectivity index (χ3n) is 2.46. The van der Waals surface area contributed by atoms with Crippen LogP contribution < -0.4 is 16.2 Å². The number of nitrogens with two attached hydrogens (primary N) is 2. The van der Waals surface area contributed by atoms with E-state index in [1.54, 1.807) is 7.11 Å². The van der Waals surface area contributed by atoms with E-state index in [1.165, 1.54) is 5.56 Å². The molecule has 0 saturated heterocycles. The fourth-order valence-electron chi connectivity index (χ4n) is 1.62. The fourth-order valence-corrected chi connectivity index (χ4v) is 1.62. The summed E-state index contributed by atoms with van der Waals surface area (Å²) >= 11 is 0. The lowest BCUT2D eigenvalue weighted by atomic mass is 10.2. The molecular formula is C12H21N3O. The summed E-state index contributed by atoms with van der Waals surface area (Å²) in [4.78, 5) is 2.25. The van der Waals surface area contributed by atoms with Gasteiger partial charge in [-0.15, -0.1) is 0 Å². The van der Waals surface area contributed by atoms with Crippen molar-refractivity contribution in [1.29, 1.82) is 0 Å². The van der Waals surface area contributed by atoms with Crippen molar-refractivity contribution in [2.45, 2.75) is 6.54 Å². The first-order valence-corrected chi connectivity index (χ1v) is 5.55. The fraction of sp³-hybridized carbons (Fsp3) is 0.500. The zero-order valence-corrected chi connectivity index (χ0v) is 9.86. The van der Waals surface area contributed by atoms with E-state index in [9.17, 15) is 0 Å². The average molecular weight is 223 g/mol. The molecule has 0 saturated carbocycles. The highest BCUT2D eigenvalue weighted by atomic mass is 16.5. The second kappa shape index (κ2) is 7.22. The zero-order valence-electron chi connectivity index (χ0n) is 9.86. The van der Waals surface area contributed by atoms with Gasteiger partial charge in [0.15, 0.2) is 0 Å². The van der Waals surface area contributed by atoms with E-state index in [0.717, 1.165) is 25.4 Å². The molecule has 16 heavy (non-hydrogen) atoms. The Bertz CT molecular complexity index is 281. The second-order valence-electron chi connectivity index (χ2n) is 3.70. The summed E-state index contributed by atoms with van der Waals surface area (Å²) in [7, 11) is 1.67. The summed E-state index contributed by atoms with van der Waals surface area (Å²) in [5, 5.41) is 0. The van der Waals surface area contributed by atoms with Crippen molar-refractivity contribution >= 4 is 0 Å². The number of nitrogens with zero attached hydrogens (tertiary/aromatic N) is 1. The van der Waals surface area contributed by atoms with Crippen LogP contribution in [0.15, 0.2) is 24.3 Å². The van der Waals surface area contributed by atoms with Gasteiger partial charge in [-0.05, 0) is 17.7 Å². The van der Waals surface area contributed by atoms with E-state index >= 15 is 0 Å². The van der Waals surface area contributed by atoms with Gasteiger partial charge in [0.2, 0.25) is 0 Å². The van der Waals surface area contributed by atoms with Gasteiger partial charge in [-0.1, -0.05) is 12.1 Å². The minimum atomic E-state index is 0.663. The lowest BCUT2D eigenvalue weighted by Gasteiger charge is -2.20. The number of rotatable bonds is 7. The third-order valence-corrected chi connectivity index (χ3v) is 2.46. The van der Waals surface area contributed by atoms with Gasteiger partial charge in [-0.2, -0.15) is 0 Å². The first kappa shape index (κ1) is 13.0. The van der Waals surface area contributed by atoms with Crippen LogP contribution in [0.4, 0.5) is 0 Å². The molecule has 1 aromatic rings. The summed E-state index contributed by atoms with van der Waals surface area (Å²) < 4.78 is 5.12. The summed E-state index contributed by atoms with van der Waals surface area (Å²) in [5.41, 5.74) is 12.4. The van der Waals surface area contributed by atoms with Crippen molar-refractivity contribution in [3.63, 3.8) is 0 Å². The summed E-state index contributed by atoms with van der Waals surface area (Å²) in [5.74, 6) is 0.882. The monoisotopic (exact) mass is 223 g/mol. The Labute approximate surface area is 97.2 Å². The summed E-state index contributed by atoms with van der Waals surface area (Å²) in [6.07, 6.45) is 0. The highest BCUT2D eigenvalue weighted by Gasteiger charge is 2.03. The molecule has 0 radical (unpaired) electrons. The van der Waals surface area contributed by atoms with Gasteiger partial charge in [0, 0.05) is 32.7 Å². The first-order valence-electron chi connectivity index (χ1n) is 5.55. The molecular weight excluding hydrogens is 202 g/mol. The largest absolute Gasteiger partial charge is 0.497 e. The molecule has 0 amide bonds.